The molecule has 3 saturated carbocycles. The summed E-state index contributed by atoms with van der Waals surface area (Å²) in [5, 5.41) is 99.3. The minimum absolute atomic E-state index is 0.000524. The van der Waals surface area contributed by atoms with Crippen molar-refractivity contribution in [2.75, 3.05) is 125 Å². The monoisotopic (exact) mass is 1960 g/mol. The number of nitrogens with zero attached hydrogens (tertiary/aromatic N) is 26. The second kappa shape index (κ2) is 50.0. The van der Waals surface area contributed by atoms with Crippen LogP contribution in [0.4, 0.5) is 75.2 Å². The number of esters is 1. The first kappa shape index (κ1) is 105. The summed E-state index contributed by atoms with van der Waals surface area (Å²) in [6, 6.07) is 18.9. The number of nitriles is 5. The van der Waals surface area contributed by atoms with Crippen molar-refractivity contribution in [2.24, 2.45) is 14.1 Å². The number of likely N-dealkylation sites (N-methyl/N-ethyl adjacent to an activating group) is 2. The van der Waals surface area contributed by atoms with Crippen LogP contribution in [0.15, 0.2) is 117 Å². The molecule has 14 heterocycles. The lowest BCUT2D eigenvalue weighted by Crippen LogP contribution is -2.22. The van der Waals surface area contributed by atoms with Gasteiger partial charge in [0.25, 0.3) is 29.4 Å². The topological polar surface area (TPSA) is 582 Å². The van der Waals surface area contributed by atoms with Crippen molar-refractivity contribution in [3.8, 4) is 117 Å². The van der Waals surface area contributed by atoms with E-state index in [0.717, 1.165) is 155 Å². The lowest BCUT2D eigenvalue weighted by Gasteiger charge is -2.15. The summed E-state index contributed by atoms with van der Waals surface area (Å²) < 4.78 is 48.3. The molecule has 45 nitrogen and oxygen atoms in total. The minimum atomic E-state index is -1.12. The van der Waals surface area contributed by atoms with Crippen molar-refractivity contribution in [3.05, 3.63) is 162 Å². The van der Waals surface area contributed by atoms with Crippen molar-refractivity contribution < 1.29 is 52.9 Å². The molecule has 17 rings (SSSR count). The molecule has 12 aromatic heterocycles. The minimum Gasteiger partial charge on any atom is -0.496 e. The molecule has 0 radical (unpaired) electrons. The molecule has 5 aliphatic rings. The first-order valence-corrected chi connectivity index (χ1v) is 46.6. The highest BCUT2D eigenvalue weighted by Crippen LogP contribution is 2.37. The quantitative estimate of drug-likeness (QED) is 0.0161. The number of aromatic nitrogens is 19. The van der Waals surface area contributed by atoms with Crippen molar-refractivity contribution in [3.63, 3.8) is 0 Å². The van der Waals surface area contributed by atoms with Crippen molar-refractivity contribution >= 4 is 81.2 Å². The van der Waals surface area contributed by atoms with Gasteiger partial charge < -0.3 is 100 Å². The Morgan fingerprint density at radius 2 is 0.676 bits per heavy atom. The largest absolute Gasteiger partial charge is 0.496 e. The molecule has 2 atom stereocenters. The molecule has 145 heavy (non-hydrogen) atoms. The summed E-state index contributed by atoms with van der Waals surface area (Å²) in [7, 11) is 17.6. The van der Waals surface area contributed by atoms with Gasteiger partial charge in [0.2, 0.25) is 28.5 Å². The highest BCUT2D eigenvalue weighted by Gasteiger charge is 2.29. The zero-order chi connectivity index (χ0) is 103. The summed E-state index contributed by atoms with van der Waals surface area (Å²) >= 11 is 0. The number of methoxy groups -OCH3 is 3. The second-order valence-electron chi connectivity index (χ2n) is 34.9. The number of aryl methyl sites for hydroxylation is 2. The third-order valence-corrected chi connectivity index (χ3v) is 22.6. The van der Waals surface area contributed by atoms with Crippen molar-refractivity contribution in [1.29, 1.82) is 26.3 Å². The summed E-state index contributed by atoms with van der Waals surface area (Å²) in [5.74, 6) is 17.4. The SMILES string of the molecule is CNc1cc(Nc2cnc(C#N)c(OC3CCCC3)n2)ncc1C#CC(C)(C)O.CNc1cc(Nc2cnc(C#N)c(O[C@@H]3CCN(C)C3)n2)ncc1-c1cnn(C)c1.CNc1cc(Nc2cnc(C#N)c(O[C@H]3CCN(C)C3)n2)ncc1-c1cnn(C)c1.COC(=O)c1cnc(Nc2cnc(C#N)c(OC3CCCC3)n2)cc1OC.COc1cc(Nc2cnc(C#N)c(OC3CCCC3)n2)ncc1C#CC(C)(C)O. The second-order valence-corrected chi connectivity index (χ2v) is 34.9. The molecule has 0 unspecified atom stereocenters. The molecule has 0 spiro atoms. The number of pyridine rings is 5. The van der Waals surface area contributed by atoms with E-state index in [0.29, 0.717) is 80.8 Å². The fraction of sp³-hybridized carbons (Fsp3) is 0.390. The molecule has 0 bridgehead atoms. The number of likely N-dealkylation sites (tertiary alicyclic amines) is 2. The van der Waals surface area contributed by atoms with Gasteiger partial charge in [0, 0.05) is 169 Å². The van der Waals surface area contributed by atoms with Crippen molar-refractivity contribution in [1.82, 2.24) is 104 Å². The molecule has 748 valence electrons. The maximum Gasteiger partial charge on any atom is 0.343 e. The van der Waals surface area contributed by atoms with Gasteiger partial charge in [0.1, 0.15) is 118 Å². The normalized spacial score (nSPS) is 14.8. The molecule has 0 aromatic carbocycles. The summed E-state index contributed by atoms with van der Waals surface area (Å²) in [6.45, 7) is 9.96. The van der Waals surface area contributed by atoms with E-state index in [9.17, 15) is 41.3 Å². The first-order valence-electron chi connectivity index (χ1n) is 46.6. The fourth-order valence-corrected chi connectivity index (χ4v) is 15.4. The number of anilines is 13. The Balaban J connectivity index is 0.000000152. The summed E-state index contributed by atoms with van der Waals surface area (Å²) in [6.07, 6.45) is 37.2. The van der Waals surface area contributed by atoms with Gasteiger partial charge in [-0.3, -0.25) is 9.36 Å². The number of hydrogen-bond acceptors (Lipinski definition) is 43. The van der Waals surface area contributed by atoms with E-state index >= 15 is 0 Å². The Morgan fingerprint density at radius 1 is 0.372 bits per heavy atom. The molecular formula is C100H112N34O11. The number of rotatable bonds is 28. The first-order chi connectivity index (χ1) is 70.0. The average Bonchev–Trinajstić information content (AvgIpc) is 1.79. The lowest BCUT2D eigenvalue weighted by atomic mass is 10.1. The number of aliphatic hydroxyl groups is 2. The average molecular weight is 1970 g/mol. The molecule has 2 aliphatic heterocycles. The van der Waals surface area contributed by atoms with Gasteiger partial charge >= 0.3 is 5.97 Å². The zero-order valence-electron chi connectivity index (χ0n) is 82.8. The van der Waals surface area contributed by atoms with Crippen LogP contribution in [0.2, 0.25) is 0 Å². The fourth-order valence-electron chi connectivity index (χ4n) is 15.4. The highest BCUT2D eigenvalue weighted by molar-refractivity contribution is 5.92. The van der Waals surface area contributed by atoms with Crippen LogP contribution in [0.25, 0.3) is 22.3 Å². The Morgan fingerprint density at radius 3 is 0.972 bits per heavy atom. The van der Waals surface area contributed by atoms with Crippen molar-refractivity contribution in [2.45, 2.75) is 159 Å². The van der Waals surface area contributed by atoms with E-state index in [1.807, 2.05) is 97.2 Å². The maximum atomic E-state index is 11.7. The highest BCUT2D eigenvalue weighted by atomic mass is 16.5. The van der Waals surface area contributed by atoms with Crippen LogP contribution in [0, 0.1) is 80.3 Å². The van der Waals surface area contributed by atoms with E-state index in [2.05, 4.69) is 161 Å². The van der Waals surface area contributed by atoms with Gasteiger partial charge in [0.15, 0.2) is 29.1 Å². The number of hydrogen-bond donors (Lipinski definition) is 10. The molecule has 5 fully saturated rings. The predicted molar refractivity (Wildman–Crippen MR) is 537 cm³/mol. The van der Waals surface area contributed by atoms with Gasteiger partial charge in [-0.25, -0.2) is 54.6 Å². The van der Waals surface area contributed by atoms with Gasteiger partial charge in [0.05, 0.1) is 81.5 Å². The Labute approximate surface area is 838 Å². The third kappa shape index (κ3) is 30.0. The standard InChI is InChI=1S/C21H24N6O2.C21H23N5O3.2C20H23N9O.C18H19N5O4/c1-21(2,28)9-8-14-12-25-18(10-16(14)23-3)26-19-13-24-17(11-22)20(27-19)29-15-6-4-5-7-15;1-21(2,27)9-8-14-12-24-18(10-17(14)28-3)25-19-13-23-16(11-22)20(26-19)29-15-6-4-5-7-15;2*1-22-16-6-18(24-9-15(16)13-8-25-29(3)11-13)26-19-10-23-17(7-21)20(27-19)30-14-4-5-28(2)12-14;1-25-14-7-15(21-9-12(14)18(24)26-2)22-16-10-20-13(8-19)17(23-16)27-11-5-3-4-6-11/h10,12-13,15,28H,4-7H2,1-3H3,(H2,23,25,26,27);10,12-13,15,27H,4-7H2,1-3H3,(H,24,25,26);2*6,8-11,14H,4-5,12H2,1-3H3,(H2,22,24,26,27);7,9-11H,3-6H2,1-2H3,(H,21,22,23)/t;;2*14-;/m..10./s1. The zero-order valence-corrected chi connectivity index (χ0v) is 82.8. The van der Waals surface area contributed by atoms with Crippen LogP contribution in [0.5, 0.6) is 40.9 Å². The Hall–Kier alpha value is -17.5. The lowest BCUT2D eigenvalue weighted by molar-refractivity contribution is 0.0596. The Kier molecular flexibility index (Phi) is 36.2. The van der Waals surface area contributed by atoms with Crippen LogP contribution < -0.4 is 75.7 Å². The van der Waals surface area contributed by atoms with Crippen LogP contribution in [-0.4, -0.2) is 245 Å². The van der Waals surface area contributed by atoms with Gasteiger partial charge in [-0.2, -0.15) is 61.4 Å². The van der Waals surface area contributed by atoms with E-state index in [1.54, 1.807) is 99.5 Å². The van der Waals surface area contributed by atoms with Gasteiger partial charge in [-0.05, 0) is 132 Å². The molecular weight excluding hydrogens is 1850 g/mol. The number of carbonyl (C=O) groups excluding carboxylic acids is 1. The van der Waals surface area contributed by atoms with E-state index in [-0.39, 0.29) is 94.0 Å². The smallest absolute Gasteiger partial charge is 0.343 e. The molecule has 2 saturated heterocycles. The number of carbonyl (C=O) groups is 1. The molecule has 45 heteroatoms. The van der Waals surface area contributed by atoms with Crippen LogP contribution in [0.1, 0.15) is 168 Å². The van der Waals surface area contributed by atoms with Crippen LogP contribution in [0.3, 0.4) is 0 Å². The number of nitrogens with one attached hydrogen (secondary N) is 8. The molecule has 10 N–H and O–H groups in total. The van der Waals surface area contributed by atoms with Gasteiger partial charge in [-0.1, -0.05) is 23.7 Å². The predicted octanol–water partition coefficient (Wildman–Crippen LogP) is 12.5. The van der Waals surface area contributed by atoms with E-state index in [4.69, 9.17) is 37.9 Å². The number of ether oxygens (including phenoxy) is 8. The maximum absolute atomic E-state index is 11.7. The van der Waals surface area contributed by atoms with E-state index < -0.39 is 17.2 Å². The molecule has 0 amide bonds. The summed E-state index contributed by atoms with van der Waals surface area (Å²) in [4.78, 5) is 80.7. The summed E-state index contributed by atoms with van der Waals surface area (Å²) in [5.41, 5.74) is 6.40. The third-order valence-electron chi connectivity index (χ3n) is 22.6. The van der Waals surface area contributed by atoms with E-state index in [1.165, 1.54) is 58.5 Å². The Bertz CT molecular complexity index is 6560. The molecule has 12 aromatic rings. The van der Waals surface area contributed by atoms with Gasteiger partial charge in [-0.15, -0.1) is 0 Å². The van der Waals surface area contributed by atoms with Crippen LogP contribution in [-0.2, 0) is 18.8 Å². The van der Waals surface area contributed by atoms with Crippen LogP contribution >= 0.6 is 0 Å². The molecule has 3 aliphatic carbocycles.